The van der Waals surface area contributed by atoms with Crippen LogP contribution < -0.4 is 5.32 Å². The van der Waals surface area contributed by atoms with E-state index >= 15 is 0 Å². The molecular formula is C21H25ClN2O. The van der Waals surface area contributed by atoms with E-state index in [4.69, 9.17) is 11.6 Å². The van der Waals surface area contributed by atoms with Gasteiger partial charge in [-0.2, -0.15) is 0 Å². The van der Waals surface area contributed by atoms with Gasteiger partial charge >= 0.3 is 0 Å². The molecule has 4 heteroatoms. The maximum atomic E-state index is 12.5. The van der Waals surface area contributed by atoms with Gasteiger partial charge in [0.15, 0.2) is 0 Å². The lowest BCUT2D eigenvalue weighted by Gasteiger charge is -2.25. The van der Waals surface area contributed by atoms with Crippen LogP contribution in [0.5, 0.6) is 0 Å². The standard InChI is InChI=1S/C21H25ClN2O/c22-18-13-11-17(12-14-18)21(16-6-1-2-7-16)24-20(25)10-5-9-19-8-3-4-15-23-19/h3-4,8,11-16,21H,1-2,5-7,9-10H2,(H,24,25). The number of rotatable bonds is 7. The Labute approximate surface area is 154 Å². The van der Waals surface area contributed by atoms with E-state index in [0.717, 1.165) is 29.1 Å². The van der Waals surface area contributed by atoms with Crippen molar-refractivity contribution in [3.05, 3.63) is 64.9 Å². The van der Waals surface area contributed by atoms with E-state index in [1.54, 1.807) is 6.20 Å². The van der Waals surface area contributed by atoms with Gasteiger partial charge in [-0.15, -0.1) is 0 Å². The van der Waals surface area contributed by atoms with E-state index in [2.05, 4.69) is 10.3 Å². The molecule has 0 spiro atoms. The van der Waals surface area contributed by atoms with Gasteiger partial charge in [0.25, 0.3) is 0 Å². The minimum Gasteiger partial charge on any atom is -0.349 e. The highest BCUT2D eigenvalue weighted by molar-refractivity contribution is 6.30. The first-order valence-electron chi connectivity index (χ1n) is 9.17. The number of amides is 1. The van der Waals surface area contributed by atoms with Gasteiger partial charge in [0, 0.05) is 23.3 Å². The Morgan fingerprint density at radius 3 is 2.60 bits per heavy atom. The third kappa shape index (κ3) is 5.30. The second kappa shape index (κ2) is 9.00. The first kappa shape index (κ1) is 17.9. The number of carbonyl (C=O) groups excluding carboxylic acids is 1. The number of aromatic nitrogens is 1. The summed E-state index contributed by atoms with van der Waals surface area (Å²) < 4.78 is 0. The highest BCUT2D eigenvalue weighted by Gasteiger charge is 2.27. The minimum absolute atomic E-state index is 0.0992. The SMILES string of the molecule is O=C(CCCc1ccccn1)NC(c1ccc(Cl)cc1)C1CCCC1. The number of nitrogens with zero attached hydrogens (tertiary/aromatic N) is 1. The lowest BCUT2D eigenvalue weighted by Crippen LogP contribution is -2.32. The third-order valence-corrected chi connectivity index (χ3v) is 5.23. The van der Waals surface area contributed by atoms with Gasteiger partial charge in [-0.3, -0.25) is 9.78 Å². The summed E-state index contributed by atoms with van der Waals surface area (Å²) in [5.41, 5.74) is 2.20. The molecular weight excluding hydrogens is 332 g/mol. The van der Waals surface area contributed by atoms with Gasteiger partial charge in [0.1, 0.15) is 0 Å². The summed E-state index contributed by atoms with van der Waals surface area (Å²) in [7, 11) is 0. The number of pyridine rings is 1. The Hall–Kier alpha value is -1.87. The average molecular weight is 357 g/mol. The molecule has 1 amide bonds. The minimum atomic E-state index is 0.0992. The van der Waals surface area contributed by atoms with Crippen molar-refractivity contribution >= 4 is 17.5 Å². The molecule has 2 aromatic rings. The van der Waals surface area contributed by atoms with Crippen LogP contribution in [0.4, 0.5) is 0 Å². The zero-order valence-corrected chi connectivity index (χ0v) is 15.2. The molecule has 0 radical (unpaired) electrons. The molecule has 1 aromatic carbocycles. The Balaban J connectivity index is 1.57. The first-order chi connectivity index (χ1) is 12.2. The monoisotopic (exact) mass is 356 g/mol. The van der Waals surface area contributed by atoms with Crippen LogP contribution in [-0.4, -0.2) is 10.9 Å². The molecule has 1 heterocycles. The van der Waals surface area contributed by atoms with Gasteiger partial charge in [0.05, 0.1) is 6.04 Å². The van der Waals surface area contributed by atoms with Crippen molar-refractivity contribution in [2.45, 2.75) is 51.0 Å². The van der Waals surface area contributed by atoms with Gasteiger partial charge in [0.2, 0.25) is 5.91 Å². The topological polar surface area (TPSA) is 42.0 Å². The molecule has 3 nitrogen and oxygen atoms in total. The average Bonchev–Trinajstić information content (AvgIpc) is 3.16. The number of benzene rings is 1. The number of halogens is 1. The molecule has 1 unspecified atom stereocenters. The lowest BCUT2D eigenvalue weighted by atomic mass is 9.91. The predicted molar refractivity (Wildman–Crippen MR) is 101 cm³/mol. The normalized spacial score (nSPS) is 15.9. The van der Waals surface area contributed by atoms with Crippen LogP contribution in [0.1, 0.15) is 55.8 Å². The molecule has 1 saturated carbocycles. The van der Waals surface area contributed by atoms with Crippen molar-refractivity contribution in [1.82, 2.24) is 10.3 Å². The third-order valence-electron chi connectivity index (χ3n) is 4.98. The number of aryl methyl sites for hydroxylation is 1. The smallest absolute Gasteiger partial charge is 0.220 e. The maximum Gasteiger partial charge on any atom is 0.220 e. The van der Waals surface area contributed by atoms with Crippen LogP contribution in [0, 0.1) is 5.92 Å². The summed E-state index contributed by atoms with van der Waals surface area (Å²) in [5, 5.41) is 4.01. The lowest BCUT2D eigenvalue weighted by molar-refractivity contribution is -0.122. The molecule has 1 aliphatic carbocycles. The van der Waals surface area contributed by atoms with Crippen LogP contribution in [0.2, 0.25) is 5.02 Å². The van der Waals surface area contributed by atoms with E-state index in [-0.39, 0.29) is 11.9 Å². The van der Waals surface area contributed by atoms with Gasteiger partial charge in [-0.25, -0.2) is 0 Å². The van der Waals surface area contributed by atoms with Crippen LogP contribution >= 0.6 is 11.6 Å². The fourth-order valence-electron chi connectivity index (χ4n) is 3.66. The second-order valence-electron chi connectivity index (χ2n) is 6.82. The number of nitrogens with one attached hydrogen (secondary N) is 1. The molecule has 3 rings (SSSR count). The summed E-state index contributed by atoms with van der Waals surface area (Å²) in [6.07, 6.45) is 8.86. The van der Waals surface area contributed by atoms with E-state index in [1.807, 2.05) is 42.5 Å². The zero-order chi connectivity index (χ0) is 17.5. The van der Waals surface area contributed by atoms with Crippen molar-refractivity contribution < 1.29 is 4.79 Å². The van der Waals surface area contributed by atoms with Crippen LogP contribution in [0.3, 0.4) is 0 Å². The van der Waals surface area contributed by atoms with Crippen molar-refractivity contribution in [2.75, 3.05) is 0 Å². The van der Waals surface area contributed by atoms with E-state index in [9.17, 15) is 4.79 Å². The number of carbonyl (C=O) groups is 1. The van der Waals surface area contributed by atoms with Crippen LogP contribution in [0.25, 0.3) is 0 Å². The highest BCUT2D eigenvalue weighted by Crippen LogP contribution is 2.36. The Bertz CT molecular complexity index is 666. The molecule has 1 fully saturated rings. The van der Waals surface area contributed by atoms with Crippen LogP contribution in [-0.2, 0) is 11.2 Å². The van der Waals surface area contributed by atoms with Gasteiger partial charge < -0.3 is 5.32 Å². The van der Waals surface area contributed by atoms with E-state index in [0.29, 0.717) is 12.3 Å². The fourth-order valence-corrected chi connectivity index (χ4v) is 3.78. The molecule has 1 aliphatic rings. The maximum absolute atomic E-state index is 12.5. The molecule has 0 aliphatic heterocycles. The Morgan fingerprint density at radius 2 is 1.92 bits per heavy atom. The quantitative estimate of drug-likeness (QED) is 0.749. The van der Waals surface area contributed by atoms with Crippen LogP contribution in [0.15, 0.2) is 48.7 Å². The second-order valence-corrected chi connectivity index (χ2v) is 7.25. The largest absolute Gasteiger partial charge is 0.349 e. The van der Waals surface area contributed by atoms with Crippen molar-refractivity contribution in [3.63, 3.8) is 0 Å². The van der Waals surface area contributed by atoms with Gasteiger partial charge in [-0.1, -0.05) is 42.6 Å². The molecule has 25 heavy (non-hydrogen) atoms. The van der Waals surface area contributed by atoms with Crippen molar-refractivity contribution in [3.8, 4) is 0 Å². The fraction of sp³-hybridized carbons (Fsp3) is 0.429. The molecule has 0 saturated heterocycles. The molecule has 1 aromatic heterocycles. The molecule has 1 N–H and O–H groups in total. The predicted octanol–water partition coefficient (Wildman–Crippen LogP) is 5.11. The zero-order valence-electron chi connectivity index (χ0n) is 14.5. The number of hydrogen-bond acceptors (Lipinski definition) is 2. The van der Waals surface area contributed by atoms with E-state index < -0.39 is 0 Å². The first-order valence-corrected chi connectivity index (χ1v) is 9.55. The highest BCUT2D eigenvalue weighted by atomic mass is 35.5. The van der Waals surface area contributed by atoms with Gasteiger partial charge in [-0.05, 0) is 61.4 Å². The Kier molecular flexibility index (Phi) is 6.46. The summed E-state index contributed by atoms with van der Waals surface area (Å²) in [4.78, 5) is 16.8. The van der Waals surface area contributed by atoms with Crippen molar-refractivity contribution in [2.24, 2.45) is 5.92 Å². The summed E-state index contributed by atoms with van der Waals surface area (Å²) in [6.45, 7) is 0. The molecule has 1 atom stereocenters. The summed E-state index contributed by atoms with van der Waals surface area (Å²) in [5.74, 6) is 0.656. The number of hydrogen-bond donors (Lipinski definition) is 1. The molecule has 0 bridgehead atoms. The van der Waals surface area contributed by atoms with E-state index in [1.165, 1.54) is 25.7 Å². The summed E-state index contributed by atoms with van der Waals surface area (Å²) >= 11 is 6.02. The van der Waals surface area contributed by atoms with Crippen molar-refractivity contribution in [1.29, 1.82) is 0 Å². The molecule has 132 valence electrons. The summed E-state index contributed by atoms with van der Waals surface area (Å²) in [6, 6.07) is 13.9. The Morgan fingerprint density at radius 1 is 1.16 bits per heavy atom.